The molecule has 0 aliphatic rings. The second-order valence-electron chi connectivity index (χ2n) is 8.16. The highest BCUT2D eigenvalue weighted by Crippen LogP contribution is 2.24. The summed E-state index contributed by atoms with van der Waals surface area (Å²) in [6.07, 6.45) is 17.0. The third-order valence-corrected chi connectivity index (χ3v) is 4.92. The molecule has 0 aliphatic carbocycles. The minimum absolute atomic E-state index is 0.265. The number of aliphatic carboxylic acids is 1. The lowest BCUT2D eigenvalue weighted by Crippen LogP contribution is -2.32. The number of unbranched alkanes of at least 4 members (excludes halogenated alkanes) is 4. The van der Waals surface area contributed by atoms with Crippen molar-refractivity contribution in [1.82, 2.24) is 0 Å². The van der Waals surface area contributed by atoms with E-state index in [2.05, 4.69) is 19.1 Å². The molecule has 0 aromatic rings. The summed E-state index contributed by atoms with van der Waals surface area (Å²) < 4.78 is 0. The summed E-state index contributed by atoms with van der Waals surface area (Å²) in [6.45, 7) is 5.51. The van der Waals surface area contributed by atoms with Crippen LogP contribution in [0.3, 0.4) is 0 Å². The van der Waals surface area contributed by atoms with Crippen LogP contribution in [0.2, 0.25) is 0 Å². The van der Waals surface area contributed by atoms with Crippen LogP contribution in [0.5, 0.6) is 0 Å². The first-order valence-corrected chi connectivity index (χ1v) is 10.8. The van der Waals surface area contributed by atoms with E-state index in [1.165, 1.54) is 25.3 Å². The molecule has 0 aliphatic heterocycles. The molecule has 0 rings (SSSR count). The molecule has 0 spiro atoms. The zero-order valence-corrected chi connectivity index (χ0v) is 18.3. The maximum absolute atomic E-state index is 11.9. The van der Waals surface area contributed by atoms with E-state index in [0.717, 1.165) is 12.8 Å². The van der Waals surface area contributed by atoms with Gasteiger partial charge in [-0.15, -0.1) is 0 Å². The molecule has 0 amide bonds. The number of carboxylic acids is 1. The van der Waals surface area contributed by atoms with E-state index in [1.54, 1.807) is 19.9 Å². The Kier molecular flexibility index (Phi) is 15.2. The topological polar surface area (TPSA) is 94.8 Å². The highest BCUT2D eigenvalue weighted by molar-refractivity contribution is 5.93. The third kappa shape index (κ3) is 14.0. The number of aliphatic hydroxyl groups excluding tert-OH is 2. The van der Waals surface area contributed by atoms with Gasteiger partial charge in [0.1, 0.15) is 6.10 Å². The number of hydrogen-bond acceptors (Lipinski definition) is 4. The summed E-state index contributed by atoms with van der Waals surface area (Å²) in [5, 5.41) is 28.9. The first kappa shape index (κ1) is 27.3. The molecule has 5 nitrogen and oxygen atoms in total. The first-order valence-electron chi connectivity index (χ1n) is 10.8. The van der Waals surface area contributed by atoms with Crippen LogP contribution in [0.1, 0.15) is 85.0 Å². The predicted molar refractivity (Wildman–Crippen MR) is 118 cm³/mol. The molecule has 0 saturated heterocycles. The molecule has 5 heteroatoms. The maximum atomic E-state index is 11.9. The van der Waals surface area contributed by atoms with E-state index in [4.69, 9.17) is 5.11 Å². The highest BCUT2D eigenvalue weighted by Gasteiger charge is 2.27. The van der Waals surface area contributed by atoms with Gasteiger partial charge in [-0.3, -0.25) is 9.59 Å². The third-order valence-electron chi connectivity index (χ3n) is 4.92. The van der Waals surface area contributed by atoms with Crippen LogP contribution >= 0.6 is 0 Å². The van der Waals surface area contributed by atoms with Gasteiger partial charge in [0.25, 0.3) is 0 Å². The van der Waals surface area contributed by atoms with Crippen molar-refractivity contribution in [2.24, 2.45) is 5.41 Å². The minimum atomic E-state index is -1.44. The van der Waals surface area contributed by atoms with Crippen LogP contribution in [-0.4, -0.2) is 39.3 Å². The monoisotopic (exact) mass is 408 g/mol. The van der Waals surface area contributed by atoms with Crippen LogP contribution in [0.4, 0.5) is 0 Å². The van der Waals surface area contributed by atoms with Gasteiger partial charge in [0, 0.05) is 0 Å². The van der Waals surface area contributed by atoms with Gasteiger partial charge < -0.3 is 15.3 Å². The van der Waals surface area contributed by atoms with Gasteiger partial charge in [-0.25, -0.2) is 0 Å². The number of ketones is 1. The molecule has 3 N–H and O–H groups in total. The Morgan fingerprint density at radius 3 is 2.14 bits per heavy atom. The second kappa shape index (κ2) is 16.1. The smallest absolute Gasteiger partial charge is 0.309 e. The SMILES string of the molecule is CCCCC/C=C\C/C=C\C/C=C\C(=O)C(O)C(O)CCCCC(C)(C)C(=O)O. The first-order chi connectivity index (χ1) is 13.7. The van der Waals surface area contributed by atoms with Gasteiger partial charge in [0.2, 0.25) is 0 Å². The zero-order valence-electron chi connectivity index (χ0n) is 18.3. The van der Waals surface area contributed by atoms with Crippen LogP contribution in [-0.2, 0) is 9.59 Å². The van der Waals surface area contributed by atoms with Crippen molar-refractivity contribution in [3.8, 4) is 0 Å². The predicted octanol–water partition coefficient (Wildman–Crippen LogP) is 4.98. The summed E-state index contributed by atoms with van der Waals surface area (Å²) in [4.78, 5) is 23.0. The lowest BCUT2D eigenvalue weighted by Gasteiger charge is -2.19. The van der Waals surface area contributed by atoms with Crippen LogP contribution in [0.25, 0.3) is 0 Å². The van der Waals surface area contributed by atoms with Crippen molar-refractivity contribution in [2.75, 3.05) is 0 Å². The molecule has 0 fully saturated rings. The fraction of sp³-hybridized carbons (Fsp3) is 0.667. The van der Waals surface area contributed by atoms with Gasteiger partial charge >= 0.3 is 5.97 Å². The van der Waals surface area contributed by atoms with E-state index in [9.17, 15) is 19.8 Å². The fourth-order valence-corrected chi connectivity index (χ4v) is 2.73. The van der Waals surface area contributed by atoms with Gasteiger partial charge in [0.15, 0.2) is 5.78 Å². The molecule has 2 unspecified atom stereocenters. The molecule has 0 bridgehead atoms. The summed E-state index contributed by atoms with van der Waals surface area (Å²) in [7, 11) is 0. The van der Waals surface area contributed by atoms with E-state index in [-0.39, 0.29) is 6.42 Å². The molecular weight excluding hydrogens is 368 g/mol. The summed E-state index contributed by atoms with van der Waals surface area (Å²) in [5.74, 6) is -1.36. The fourth-order valence-electron chi connectivity index (χ4n) is 2.73. The standard InChI is InChI=1S/C24H40O5/c1-4-5-6-7-8-9-10-11-12-13-14-17-20(25)22(27)21(26)18-15-16-19-24(2,3)23(28)29/h8-9,11-12,14,17,21-22,26-27H,4-7,10,13,15-16,18-19H2,1-3H3,(H,28,29)/b9-8-,12-11-,17-14-. The van der Waals surface area contributed by atoms with E-state index < -0.39 is 29.4 Å². The largest absolute Gasteiger partial charge is 0.481 e. The number of carbonyl (C=O) groups excluding carboxylic acids is 1. The van der Waals surface area contributed by atoms with E-state index in [1.807, 2.05) is 12.2 Å². The highest BCUT2D eigenvalue weighted by atomic mass is 16.4. The van der Waals surface area contributed by atoms with Crippen molar-refractivity contribution < 1.29 is 24.9 Å². The number of allylic oxidation sites excluding steroid dienone is 5. The molecule has 0 saturated carbocycles. The Hall–Kier alpha value is -1.72. The van der Waals surface area contributed by atoms with Gasteiger partial charge in [-0.05, 0) is 58.4 Å². The second-order valence-corrected chi connectivity index (χ2v) is 8.16. The maximum Gasteiger partial charge on any atom is 0.309 e. The normalized spacial score (nSPS) is 14.8. The Morgan fingerprint density at radius 2 is 1.52 bits per heavy atom. The number of carboxylic acid groups (broad SMARTS) is 1. The Morgan fingerprint density at radius 1 is 0.897 bits per heavy atom. The lowest BCUT2D eigenvalue weighted by atomic mass is 9.87. The van der Waals surface area contributed by atoms with Crippen molar-refractivity contribution in [2.45, 2.75) is 97.2 Å². The molecule has 29 heavy (non-hydrogen) atoms. The summed E-state index contributed by atoms with van der Waals surface area (Å²) in [5.41, 5.74) is -0.805. The average molecular weight is 409 g/mol. The summed E-state index contributed by atoms with van der Waals surface area (Å²) in [6, 6.07) is 0. The van der Waals surface area contributed by atoms with Crippen LogP contribution in [0, 0.1) is 5.41 Å². The molecule has 0 heterocycles. The van der Waals surface area contributed by atoms with Crippen molar-refractivity contribution in [3.05, 3.63) is 36.5 Å². The molecule has 166 valence electrons. The van der Waals surface area contributed by atoms with Crippen molar-refractivity contribution in [1.29, 1.82) is 0 Å². The molecule has 2 atom stereocenters. The van der Waals surface area contributed by atoms with Gasteiger partial charge in [-0.2, -0.15) is 0 Å². The number of hydrogen-bond donors (Lipinski definition) is 3. The van der Waals surface area contributed by atoms with Crippen molar-refractivity contribution >= 4 is 11.8 Å². The zero-order chi connectivity index (χ0) is 22.1. The molecule has 0 radical (unpaired) electrons. The van der Waals surface area contributed by atoms with Crippen molar-refractivity contribution in [3.63, 3.8) is 0 Å². The minimum Gasteiger partial charge on any atom is -0.481 e. The molecule has 0 aromatic heterocycles. The number of rotatable bonds is 17. The number of aliphatic hydroxyl groups is 2. The van der Waals surface area contributed by atoms with E-state index in [0.29, 0.717) is 25.7 Å². The molecular formula is C24H40O5. The van der Waals surface area contributed by atoms with Gasteiger partial charge in [-0.1, -0.05) is 63.0 Å². The van der Waals surface area contributed by atoms with Crippen LogP contribution < -0.4 is 0 Å². The molecule has 0 aromatic carbocycles. The van der Waals surface area contributed by atoms with Gasteiger partial charge in [0.05, 0.1) is 11.5 Å². The quantitative estimate of drug-likeness (QED) is 0.179. The Bertz CT molecular complexity index is 545. The number of carbonyl (C=O) groups is 2. The van der Waals surface area contributed by atoms with Crippen LogP contribution in [0.15, 0.2) is 36.5 Å². The Labute approximate surface area is 176 Å². The lowest BCUT2D eigenvalue weighted by molar-refractivity contribution is -0.147. The summed E-state index contributed by atoms with van der Waals surface area (Å²) >= 11 is 0. The average Bonchev–Trinajstić information content (AvgIpc) is 2.68. The Balaban J connectivity index is 4.01. The van der Waals surface area contributed by atoms with E-state index >= 15 is 0 Å².